The molecule has 0 bridgehead atoms. The van der Waals surface area contributed by atoms with Gasteiger partial charge < -0.3 is 5.32 Å². The third kappa shape index (κ3) is 2.27. The summed E-state index contributed by atoms with van der Waals surface area (Å²) in [6.45, 7) is 0.551. The van der Waals surface area contributed by atoms with Crippen molar-refractivity contribution < 1.29 is 4.39 Å². The molecular weight excluding hydrogens is 257 g/mol. The lowest BCUT2D eigenvalue weighted by Crippen LogP contribution is -2.06. The first-order valence-electron chi connectivity index (χ1n) is 6.19. The van der Waals surface area contributed by atoms with Gasteiger partial charge in [0.2, 0.25) is 0 Å². The lowest BCUT2D eigenvalue weighted by molar-refractivity contribution is 0.601. The van der Waals surface area contributed by atoms with Crippen LogP contribution in [0, 0.1) is 5.82 Å². The molecule has 1 aromatic heterocycles. The molecule has 3 aromatic rings. The molecule has 0 unspecified atom stereocenters. The Morgan fingerprint density at radius 1 is 1.16 bits per heavy atom. The van der Waals surface area contributed by atoms with Crippen LogP contribution < -0.4 is 5.32 Å². The minimum atomic E-state index is -0.152. The van der Waals surface area contributed by atoms with E-state index in [0.717, 1.165) is 11.1 Å². The Balaban J connectivity index is 2.11. The highest BCUT2D eigenvalue weighted by atomic mass is 32.1. The predicted molar refractivity (Wildman–Crippen MR) is 80.0 cm³/mol. The molecule has 1 N–H and O–H groups in total. The molecule has 0 fully saturated rings. The van der Waals surface area contributed by atoms with Gasteiger partial charge in [-0.15, -0.1) is 11.3 Å². The summed E-state index contributed by atoms with van der Waals surface area (Å²) in [7, 11) is 1.82. The first-order valence-corrected chi connectivity index (χ1v) is 7.07. The Morgan fingerprint density at radius 2 is 2.05 bits per heavy atom. The first-order chi connectivity index (χ1) is 9.29. The number of hydrogen-bond acceptors (Lipinski definition) is 2. The summed E-state index contributed by atoms with van der Waals surface area (Å²) in [6.07, 6.45) is 0. The van der Waals surface area contributed by atoms with Crippen molar-refractivity contribution in [1.29, 1.82) is 0 Å². The second-order valence-corrected chi connectivity index (χ2v) is 5.40. The van der Waals surface area contributed by atoms with Gasteiger partial charge in [-0.1, -0.05) is 30.3 Å². The Labute approximate surface area is 115 Å². The van der Waals surface area contributed by atoms with E-state index >= 15 is 0 Å². The minimum Gasteiger partial charge on any atom is -0.316 e. The summed E-state index contributed by atoms with van der Waals surface area (Å²) < 4.78 is 15.2. The minimum absolute atomic E-state index is 0.152. The Kier molecular flexibility index (Phi) is 3.32. The number of rotatable bonds is 3. The van der Waals surface area contributed by atoms with Gasteiger partial charge in [0, 0.05) is 16.8 Å². The quantitative estimate of drug-likeness (QED) is 0.743. The summed E-state index contributed by atoms with van der Waals surface area (Å²) in [5.74, 6) is -0.152. The van der Waals surface area contributed by atoms with Crippen molar-refractivity contribution in [2.24, 2.45) is 0 Å². The zero-order valence-corrected chi connectivity index (χ0v) is 11.4. The molecule has 2 aromatic carbocycles. The van der Waals surface area contributed by atoms with Crippen molar-refractivity contribution in [3.05, 3.63) is 59.2 Å². The largest absolute Gasteiger partial charge is 0.316 e. The maximum atomic E-state index is 14.0. The first kappa shape index (κ1) is 12.3. The molecular formula is C16H14FNS. The van der Waals surface area contributed by atoms with E-state index < -0.39 is 0 Å². The van der Waals surface area contributed by atoms with Gasteiger partial charge in [-0.2, -0.15) is 0 Å². The van der Waals surface area contributed by atoms with Crippen LogP contribution in [0.4, 0.5) is 4.39 Å². The molecule has 0 aliphatic rings. The maximum Gasteiger partial charge on any atom is 0.128 e. The molecule has 0 aliphatic heterocycles. The molecule has 0 saturated carbocycles. The van der Waals surface area contributed by atoms with Crippen molar-refractivity contribution in [2.75, 3.05) is 7.05 Å². The molecule has 19 heavy (non-hydrogen) atoms. The van der Waals surface area contributed by atoms with Crippen LogP contribution in [0.3, 0.4) is 0 Å². The van der Waals surface area contributed by atoms with E-state index in [1.165, 1.54) is 10.1 Å². The van der Waals surface area contributed by atoms with Crippen LogP contribution in [0.5, 0.6) is 0 Å². The zero-order chi connectivity index (χ0) is 13.2. The van der Waals surface area contributed by atoms with E-state index in [1.807, 2.05) is 31.3 Å². The Bertz CT molecular complexity index is 718. The molecule has 3 heteroatoms. The summed E-state index contributed by atoms with van der Waals surface area (Å²) in [5, 5.41) is 6.25. The lowest BCUT2D eigenvalue weighted by atomic mass is 10.0. The second-order valence-electron chi connectivity index (χ2n) is 4.48. The summed E-state index contributed by atoms with van der Waals surface area (Å²) >= 11 is 1.69. The summed E-state index contributed by atoms with van der Waals surface area (Å²) in [4.78, 5) is 0. The van der Waals surface area contributed by atoms with Gasteiger partial charge >= 0.3 is 0 Å². The van der Waals surface area contributed by atoms with Gasteiger partial charge in [0.1, 0.15) is 5.82 Å². The summed E-state index contributed by atoms with van der Waals surface area (Å²) in [5.41, 5.74) is 2.73. The topological polar surface area (TPSA) is 12.0 Å². The van der Waals surface area contributed by atoms with Crippen molar-refractivity contribution in [3.63, 3.8) is 0 Å². The number of hydrogen-bond donors (Lipinski definition) is 1. The van der Waals surface area contributed by atoms with Gasteiger partial charge in [-0.05, 0) is 41.1 Å². The van der Waals surface area contributed by atoms with E-state index in [-0.39, 0.29) is 5.82 Å². The van der Waals surface area contributed by atoms with Gasteiger partial charge in [0.15, 0.2) is 0 Å². The third-order valence-corrected chi connectivity index (χ3v) is 4.17. The van der Waals surface area contributed by atoms with Crippen molar-refractivity contribution in [3.8, 4) is 11.1 Å². The average molecular weight is 271 g/mol. The van der Waals surface area contributed by atoms with Crippen molar-refractivity contribution in [1.82, 2.24) is 5.32 Å². The highest BCUT2D eigenvalue weighted by Crippen LogP contribution is 2.33. The van der Waals surface area contributed by atoms with Crippen molar-refractivity contribution >= 4 is 21.4 Å². The molecule has 0 atom stereocenters. The molecule has 1 nitrogen and oxygen atoms in total. The Morgan fingerprint density at radius 3 is 2.84 bits per heavy atom. The Hall–Kier alpha value is -1.71. The smallest absolute Gasteiger partial charge is 0.128 e. The van der Waals surface area contributed by atoms with Crippen LogP contribution in [0.15, 0.2) is 47.8 Å². The lowest BCUT2D eigenvalue weighted by Gasteiger charge is -2.07. The van der Waals surface area contributed by atoms with Crippen LogP contribution in [0.25, 0.3) is 21.2 Å². The normalized spacial score (nSPS) is 11.1. The highest BCUT2D eigenvalue weighted by Gasteiger charge is 2.08. The van der Waals surface area contributed by atoms with Crippen LogP contribution >= 0.6 is 11.3 Å². The average Bonchev–Trinajstić information content (AvgIpc) is 2.89. The third-order valence-electron chi connectivity index (χ3n) is 3.21. The monoisotopic (exact) mass is 271 g/mol. The second kappa shape index (κ2) is 5.11. The SMILES string of the molecule is CNCc1ccc(-c2cccc3ccsc23)cc1F. The number of fused-ring (bicyclic) bond motifs is 1. The molecule has 0 spiro atoms. The fourth-order valence-corrected chi connectivity index (χ4v) is 3.20. The summed E-state index contributed by atoms with van der Waals surface area (Å²) in [6, 6.07) is 13.7. The standard InChI is InChI=1S/C16H14FNS/c1-18-10-13-6-5-12(9-15(13)17)14-4-2-3-11-7-8-19-16(11)14/h2-9,18H,10H2,1H3. The van der Waals surface area contributed by atoms with Crippen LogP contribution in [0.2, 0.25) is 0 Å². The molecule has 0 amide bonds. The number of nitrogens with one attached hydrogen (secondary N) is 1. The van der Waals surface area contributed by atoms with Crippen molar-refractivity contribution in [2.45, 2.75) is 6.54 Å². The fourth-order valence-electron chi connectivity index (χ4n) is 2.27. The molecule has 1 heterocycles. The van der Waals surface area contributed by atoms with Gasteiger partial charge in [-0.25, -0.2) is 4.39 Å². The number of thiophene rings is 1. The maximum absolute atomic E-state index is 14.0. The van der Waals surface area contributed by atoms with Crippen LogP contribution in [-0.2, 0) is 6.54 Å². The van der Waals surface area contributed by atoms with E-state index in [9.17, 15) is 4.39 Å². The predicted octanol–water partition coefficient (Wildman–Crippen LogP) is 4.43. The van der Waals surface area contributed by atoms with E-state index in [4.69, 9.17) is 0 Å². The zero-order valence-electron chi connectivity index (χ0n) is 10.6. The van der Waals surface area contributed by atoms with Gasteiger partial charge in [0.05, 0.1) is 0 Å². The van der Waals surface area contributed by atoms with Crippen LogP contribution in [-0.4, -0.2) is 7.05 Å². The van der Waals surface area contributed by atoms with E-state index in [1.54, 1.807) is 17.4 Å². The van der Waals surface area contributed by atoms with E-state index in [0.29, 0.717) is 12.1 Å². The molecule has 3 rings (SSSR count). The molecule has 0 aliphatic carbocycles. The molecule has 96 valence electrons. The fraction of sp³-hybridized carbons (Fsp3) is 0.125. The van der Waals surface area contributed by atoms with Gasteiger partial charge in [0.25, 0.3) is 0 Å². The van der Waals surface area contributed by atoms with Crippen LogP contribution in [0.1, 0.15) is 5.56 Å². The molecule has 0 radical (unpaired) electrons. The number of halogens is 1. The molecule has 0 saturated heterocycles. The number of benzene rings is 2. The van der Waals surface area contributed by atoms with E-state index in [2.05, 4.69) is 22.8 Å². The van der Waals surface area contributed by atoms with Gasteiger partial charge in [-0.3, -0.25) is 0 Å². The highest BCUT2D eigenvalue weighted by molar-refractivity contribution is 7.17.